The number of nitrogens with one attached hydrogen (secondary N) is 1. The third-order valence-electron chi connectivity index (χ3n) is 3.95. The third kappa shape index (κ3) is 3.61. The molecule has 0 atom stereocenters. The van der Waals surface area contributed by atoms with Crippen molar-refractivity contribution in [3.8, 4) is 0 Å². The molecule has 0 aliphatic carbocycles. The Bertz CT molecular complexity index is 974. The molecule has 0 unspecified atom stereocenters. The zero-order valence-electron chi connectivity index (χ0n) is 14.1. The lowest BCUT2D eigenvalue weighted by Gasteiger charge is -2.15. The molecule has 2 heterocycles. The molecule has 0 radical (unpaired) electrons. The number of rotatable bonds is 6. The van der Waals surface area contributed by atoms with Gasteiger partial charge >= 0.3 is 5.97 Å². The number of nitrogens with zero attached hydrogens (tertiary/aromatic N) is 2. The van der Waals surface area contributed by atoms with Crippen LogP contribution in [0, 0.1) is 0 Å². The first kappa shape index (κ1) is 16.9. The van der Waals surface area contributed by atoms with Gasteiger partial charge in [0, 0.05) is 18.5 Å². The summed E-state index contributed by atoms with van der Waals surface area (Å²) in [5.74, 6) is 0.0806. The van der Waals surface area contributed by atoms with Crippen molar-refractivity contribution in [2.45, 2.75) is 26.4 Å². The van der Waals surface area contributed by atoms with Crippen molar-refractivity contribution < 1.29 is 14.3 Å². The maximum Gasteiger partial charge on any atom is 0.371 e. The number of fused-ring (bicyclic) bond motifs is 1. The van der Waals surface area contributed by atoms with Crippen LogP contribution in [0.1, 0.15) is 34.6 Å². The van der Waals surface area contributed by atoms with Crippen LogP contribution in [-0.4, -0.2) is 33.0 Å². The summed E-state index contributed by atoms with van der Waals surface area (Å²) in [5, 5.41) is 9.62. The van der Waals surface area contributed by atoms with Crippen molar-refractivity contribution in [3.63, 3.8) is 0 Å². The summed E-state index contributed by atoms with van der Waals surface area (Å²) >= 11 is 0. The number of aromatic carboxylic acids is 1. The van der Waals surface area contributed by atoms with Crippen LogP contribution in [0.2, 0.25) is 0 Å². The summed E-state index contributed by atoms with van der Waals surface area (Å²) in [6.45, 7) is 2.84. The number of benzene rings is 1. The highest BCUT2D eigenvalue weighted by atomic mass is 16.4. The van der Waals surface area contributed by atoms with Crippen LogP contribution in [-0.2, 0) is 19.5 Å². The molecular formula is C18H19N3O4. The summed E-state index contributed by atoms with van der Waals surface area (Å²) in [6.07, 6.45) is 0.613. The number of carbonyl (C=O) groups is 1. The molecule has 2 N–H and O–H groups in total. The van der Waals surface area contributed by atoms with E-state index in [1.54, 1.807) is 24.3 Å². The van der Waals surface area contributed by atoms with E-state index < -0.39 is 5.97 Å². The second-order valence-corrected chi connectivity index (χ2v) is 5.92. The lowest BCUT2D eigenvalue weighted by Crippen LogP contribution is -2.22. The first-order valence-corrected chi connectivity index (χ1v) is 7.99. The van der Waals surface area contributed by atoms with E-state index in [4.69, 9.17) is 9.52 Å². The highest BCUT2D eigenvalue weighted by molar-refractivity contribution is 5.84. The molecule has 3 rings (SSSR count). The predicted molar refractivity (Wildman–Crippen MR) is 92.6 cm³/mol. The Hall–Kier alpha value is -2.93. The zero-order valence-corrected chi connectivity index (χ0v) is 14.1. The van der Waals surface area contributed by atoms with Gasteiger partial charge in [-0.3, -0.25) is 9.69 Å². The van der Waals surface area contributed by atoms with Gasteiger partial charge in [0.15, 0.2) is 0 Å². The van der Waals surface area contributed by atoms with E-state index in [9.17, 15) is 9.59 Å². The molecule has 0 aliphatic rings. The molecule has 25 heavy (non-hydrogen) atoms. The number of hydrogen-bond acceptors (Lipinski definition) is 5. The second kappa shape index (κ2) is 6.90. The van der Waals surface area contributed by atoms with Crippen molar-refractivity contribution in [3.05, 3.63) is 63.6 Å². The smallest absolute Gasteiger partial charge is 0.371 e. The van der Waals surface area contributed by atoms with Crippen LogP contribution in [0.4, 0.5) is 0 Å². The van der Waals surface area contributed by atoms with Crippen LogP contribution in [0.15, 0.2) is 39.5 Å². The highest BCUT2D eigenvalue weighted by Gasteiger charge is 2.16. The summed E-state index contributed by atoms with van der Waals surface area (Å²) in [7, 11) is 1.88. The second-order valence-electron chi connectivity index (χ2n) is 5.92. The molecule has 0 bridgehead atoms. The summed E-state index contributed by atoms with van der Waals surface area (Å²) in [4.78, 5) is 32.4. The summed E-state index contributed by atoms with van der Waals surface area (Å²) in [6, 6.07) is 8.73. The number of H-pyrrole nitrogens is 1. The van der Waals surface area contributed by atoms with Crippen LogP contribution in [0.25, 0.3) is 10.9 Å². The fourth-order valence-electron chi connectivity index (χ4n) is 2.82. The predicted octanol–water partition coefficient (Wildman–Crippen LogP) is 2.41. The first-order valence-electron chi connectivity index (χ1n) is 7.99. The van der Waals surface area contributed by atoms with E-state index in [-0.39, 0.29) is 11.3 Å². The van der Waals surface area contributed by atoms with E-state index in [0.29, 0.717) is 42.0 Å². The minimum atomic E-state index is -1.08. The number of furan rings is 1. The van der Waals surface area contributed by atoms with Gasteiger partial charge in [0.25, 0.3) is 5.56 Å². The van der Waals surface area contributed by atoms with E-state index in [2.05, 4.69) is 9.97 Å². The Labute approximate surface area is 143 Å². The fraction of sp³-hybridized carbons (Fsp3) is 0.278. The number of carboxylic acids is 1. The SMILES string of the molecule is CCc1oc(C(=O)O)cc1CN(C)Cc1nc2ccccc2c(=O)[nH]1. The van der Waals surface area contributed by atoms with Gasteiger partial charge in [0.05, 0.1) is 17.4 Å². The standard InChI is InChI=1S/C18H19N3O4/c1-3-14-11(8-15(25-14)18(23)24)9-21(2)10-16-19-13-7-5-4-6-12(13)17(22)20-16/h4-8H,3,9-10H2,1-2H3,(H,23,24)(H,19,20,22). The van der Waals surface area contributed by atoms with E-state index in [0.717, 1.165) is 5.56 Å². The van der Waals surface area contributed by atoms with E-state index in [1.807, 2.05) is 24.9 Å². The number of carboxylic acid groups (broad SMARTS) is 1. The van der Waals surface area contributed by atoms with Gasteiger partial charge in [0.1, 0.15) is 11.6 Å². The van der Waals surface area contributed by atoms with Gasteiger partial charge in [-0.2, -0.15) is 0 Å². The monoisotopic (exact) mass is 341 g/mol. The molecule has 0 aliphatic heterocycles. The number of aryl methyl sites for hydroxylation is 1. The number of para-hydroxylation sites is 1. The third-order valence-corrected chi connectivity index (χ3v) is 3.95. The average molecular weight is 341 g/mol. The summed E-state index contributed by atoms with van der Waals surface area (Å²) in [5.41, 5.74) is 1.31. The molecule has 0 fully saturated rings. The Morgan fingerprint density at radius 2 is 2.08 bits per heavy atom. The van der Waals surface area contributed by atoms with E-state index in [1.165, 1.54) is 0 Å². The average Bonchev–Trinajstić information content (AvgIpc) is 2.98. The molecule has 7 nitrogen and oxygen atoms in total. The van der Waals surface area contributed by atoms with Gasteiger partial charge in [0.2, 0.25) is 5.76 Å². The van der Waals surface area contributed by atoms with Crippen LogP contribution in [0.5, 0.6) is 0 Å². The minimum Gasteiger partial charge on any atom is -0.475 e. The summed E-state index contributed by atoms with van der Waals surface area (Å²) < 4.78 is 5.35. The van der Waals surface area contributed by atoms with Crippen LogP contribution >= 0.6 is 0 Å². The van der Waals surface area contributed by atoms with Gasteiger partial charge < -0.3 is 14.5 Å². The molecule has 3 aromatic rings. The maximum atomic E-state index is 12.1. The minimum absolute atomic E-state index is 0.0579. The molecule has 1 aromatic carbocycles. The first-order chi connectivity index (χ1) is 12.0. The van der Waals surface area contributed by atoms with E-state index >= 15 is 0 Å². The largest absolute Gasteiger partial charge is 0.475 e. The lowest BCUT2D eigenvalue weighted by atomic mass is 10.2. The number of aromatic nitrogens is 2. The lowest BCUT2D eigenvalue weighted by molar-refractivity contribution is 0.0660. The van der Waals surface area contributed by atoms with Crippen molar-refractivity contribution in [2.75, 3.05) is 7.05 Å². The quantitative estimate of drug-likeness (QED) is 0.714. The zero-order chi connectivity index (χ0) is 18.0. The van der Waals surface area contributed by atoms with Gasteiger partial charge in [-0.05, 0) is 25.2 Å². The van der Waals surface area contributed by atoms with Crippen molar-refractivity contribution in [2.24, 2.45) is 0 Å². The normalized spacial score (nSPS) is 11.3. The van der Waals surface area contributed by atoms with Crippen molar-refractivity contribution >= 4 is 16.9 Å². The molecule has 130 valence electrons. The topological polar surface area (TPSA) is 99.4 Å². The van der Waals surface area contributed by atoms with Gasteiger partial charge in [-0.25, -0.2) is 9.78 Å². The maximum absolute atomic E-state index is 12.1. The molecule has 7 heteroatoms. The molecule has 0 saturated heterocycles. The molecule has 0 amide bonds. The van der Waals surface area contributed by atoms with Gasteiger partial charge in [-0.15, -0.1) is 0 Å². The Morgan fingerprint density at radius 1 is 1.32 bits per heavy atom. The fourth-order valence-corrected chi connectivity index (χ4v) is 2.82. The van der Waals surface area contributed by atoms with Crippen molar-refractivity contribution in [1.29, 1.82) is 0 Å². The Balaban J connectivity index is 1.80. The molecule has 2 aromatic heterocycles. The van der Waals surface area contributed by atoms with Crippen LogP contribution in [0.3, 0.4) is 0 Å². The van der Waals surface area contributed by atoms with Gasteiger partial charge in [-0.1, -0.05) is 19.1 Å². The molecule has 0 saturated carbocycles. The Morgan fingerprint density at radius 3 is 2.80 bits per heavy atom. The molecular weight excluding hydrogens is 322 g/mol. The highest BCUT2D eigenvalue weighted by Crippen LogP contribution is 2.18. The number of hydrogen-bond donors (Lipinski definition) is 2. The molecule has 0 spiro atoms. The Kier molecular flexibility index (Phi) is 4.67. The van der Waals surface area contributed by atoms with Crippen molar-refractivity contribution in [1.82, 2.24) is 14.9 Å². The number of aromatic amines is 1. The van der Waals surface area contributed by atoms with Crippen LogP contribution < -0.4 is 5.56 Å².